The van der Waals surface area contributed by atoms with Crippen molar-refractivity contribution in [2.24, 2.45) is 0 Å². The van der Waals surface area contributed by atoms with Gasteiger partial charge in [0.15, 0.2) is 17.3 Å². The average molecular weight is 234 g/mol. The highest BCUT2D eigenvalue weighted by molar-refractivity contribution is 5.66. The molecule has 0 radical (unpaired) electrons. The smallest absolute Gasteiger partial charge is 0.261 e. The molecule has 0 aliphatic carbocycles. The second kappa shape index (κ2) is 4.86. The highest BCUT2D eigenvalue weighted by atomic mass is 16.5. The van der Waals surface area contributed by atoms with Crippen LogP contribution in [0.4, 0.5) is 0 Å². The minimum absolute atomic E-state index is 0.0155. The van der Waals surface area contributed by atoms with Gasteiger partial charge in [-0.3, -0.25) is 0 Å². The summed E-state index contributed by atoms with van der Waals surface area (Å²) >= 11 is 0. The van der Waals surface area contributed by atoms with Gasteiger partial charge in [0.25, 0.3) is 5.89 Å². The number of para-hydroxylation sites is 1. The summed E-state index contributed by atoms with van der Waals surface area (Å²) < 4.78 is 10.1. The molecule has 0 saturated carbocycles. The first kappa shape index (κ1) is 11.4. The van der Waals surface area contributed by atoms with Gasteiger partial charge in [-0.05, 0) is 18.6 Å². The summed E-state index contributed by atoms with van der Waals surface area (Å²) in [6.07, 6.45) is 1.71. The van der Waals surface area contributed by atoms with E-state index in [-0.39, 0.29) is 5.75 Å². The third-order valence-corrected chi connectivity index (χ3v) is 2.39. The molecule has 90 valence electrons. The summed E-state index contributed by atoms with van der Waals surface area (Å²) in [4.78, 5) is 4.21. The van der Waals surface area contributed by atoms with Crippen LogP contribution in [0.3, 0.4) is 0 Å². The molecule has 0 fully saturated rings. The second-order valence-corrected chi connectivity index (χ2v) is 3.62. The lowest BCUT2D eigenvalue weighted by atomic mass is 10.2. The van der Waals surface area contributed by atoms with Crippen LogP contribution in [0.25, 0.3) is 11.5 Å². The Morgan fingerprint density at radius 1 is 1.41 bits per heavy atom. The highest BCUT2D eigenvalue weighted by Crippen LogP contribution is 2.35. The largest absolute Gasteiger partial charge is 0.504 e. The standard InChI is InChI=1S/C12H14N2O3/c1-3-5-10-13-12(17-14-10)8-6-4-7-9(16-2)11(8)15/h4,6-7,15H,3,5H2,1-2H3. The van der Waals surface area contributed by atoms with Crippen LogP contribution in [0.15, 0.2) is 22.7 Å². The summed E-state index contributed by atoms with van der Waals surface area (Å²) in [7, 11) is 1.50. The van der Waals surface area contributed by atoms with Crippen molar-refractivity contribution < 1.29 is 14.4 Å². The maximum Gasteiger partial charge on any atom is 0.261 e. The Balaban J connectivity index is 2.38. The monoisotopic (exact) mass is 234 g/mol. The van der Waals surface area contributed by atoms with Crippen LogP contribution >= 0.6 is 0 Å². The van der Waals surface area contributed by atoms with Crippen molar-refractivity contribution in [2.45, 2.75) is 19.8 Å². The first-order chi connectivity index (χ1) is 8.26. The van der Waals surface area contributed by atoms with E-state index in [1.807, 2.05) is 6.92 Å². The fourth-order valence-corrected chi connectivity index (χ4v) is 1.55. The van der Waals surface area contributed by atoms with Crippen LogP contribution in [-0.2, 0) is 6.42 Å². The Bertz CT molecular complexity index is 508. The van der Waals surface area contributed by atoms with Crippen LogP contribution in [0.5, 0.6) is 11.5 Å². The molecule has 0 bridgehead atoms. The van der Waals surface area contributed by atoms with Gasteiger partial charge in [-0.25, -0.2) is 0 Å². The molecule has 1 heterocycles. The lowest BCUT2D eigenvalue weighted by Crippen LogP contribution is -1.87. The molecular weight excluding hydrogens is 220 g/mol. The van der Waals surface area contributed by atoms with Gasteiger partial charge >= 0.3 is 0 Å². The van der Waals surface area contributed by atoms with E-state index in [4.69, 9.17) is 9.26 Å². The number of benzene rings is 1. The zero-order valence-electron chi connectivity index (χ0n) is 9.80. The highest BCUT2D eigenvalue weighted by Gasteiger charge is 2.15. The number of aromatic hydroxyl groups is 1. The van der Waals surface area contributed by atoms with Crippen LogP contribution in [0, 0.1) is 0 Å². The molecule has 0 spiro atoms. The summed E-state index contributed by atoms with van der Waals surface area (Å²) in [6.45, 7) is 2.04. The Hall–Kier alpha value is -2.04. The summed E-state index contributed by atoms with van der Waals surface area (Å²) in [5.74, 6) is 1.36. The average Bonchev–Trinajstić information content (AvgIpc) is 2.78. The predicted octanol–water partition coefficient (Wildman–Crippen LogP) is 2.40. The minimum atomic E-state index is 0.0155. The third kappa shape index (κ3) is 2.22. The van der Waals surface area contributed by atoms with E-state index < -0.39 is 0 Å². The minimum Gasteiger partial charge on any atom is -0.504 e. The van der Waals surface area contributed by atoms with Gasteiger partial charge in [-0.15, -0.1) is 0 Å². The molecule has 5 nitrogen and oxygen atoms in total. The molecule has 5 heteroatoms. The molecule has 0 atom stereocenters. The number of hydrogen-bond donors (Lipinski definition) is 1. The molecule has 0 unspecified atom stereocenters. The molecule has 1 aromatic heterocycles. The fourth-order valence-electron chi connectivity index (χ4n) is 1.55. The number of aryl methyl sites for hydroxylation is 1. The van der Waals surface area contributed by atoms with Crippen molar-refractivity contribution >= 4 is 0 Å². The molecule has 0 aliphatic rings. The SMILES string of the molecule is CCCc1noc(-c2cccc(OC)c2O)n1. The van der Waals surface area contributed by atoms with E-state index in [1.54, 1.807) is 18.2 Å². The maximum absolute atomic E-state index is 9.93. The van der Waals surface area contributed by atoms with Gasteiger partial charge in [-0.2, -0.15) is 4.98 Å². The third-order valence-electron chi connectivity index (χ3n) is 2.39. The number of ether oxygens (including phenoxy) is 1. The lowest BCUT2D eigenvalue weighted by molar-refractivity contribution is 0.371. The maximum atomic E-state index is 9.93. The second-order valence-electron chi connectivity index (χ2n) is 3.62. The van der Waals surface area contributed by atoms with Crippen LogP contribution in [-0.4, -0.2) is 22.4 Å². The van der Waals surface area contributed by atoms with Gasteiger partial charge in [0.05, 0.1) is 12.7 Å². The van der Waals surface area contributed by atoms with E-state index >= 15 is 0 Å². The quantitative estimate of drug-likeness (QED) is 0.879. The Kier molecular flexibility index (Phi) is 3.27. The fraction of sp³-hybridized carbons (Fsp3) is 0.333. The van der Waals surface area contributed by atoms with Gasteiger partial charge < -0.3 is 14.4 Å². The van der Waals surface area contributed by atoms with Crippen molar-refractivity contribution in [3.8, 4) is 23.0 Å². The molecule has 17 heavy (non-hydrogen) atoms. The molecule has 1 aromatic carbocycles. The number of phenolic OH excluding ortho intramolecular Hbond substituents is 1. The number of hydrogen-bond acceptors (Lipinski definition) is 5. The molecule has 1 N–H and O–H groups in total. The summed E-state index contributed by atoms with van der Waals surface area (Å²) in [6, 6.07) is 5.14. The van der Waals surface area contributed by atoms with Crippen LogP contribution in [0.1, 0.15) is 19.2 Å². The molecule has 2 aromatic rings. The Morgan fingerprint density at radius 2 is 2.24 bits per heavy atom. The number of phenols is 1. The molecule has 0 amide bonds. The van der Waals surface area contributed by atoms with Crippen molar-refractivity contribution in [1.29, 1.82) is 0 Å². The molecule has 0 saturated heterocycles. The van der Waals surface area contributed by atoms with Gasteiger partial charge in [0.2, 0.25) is 0 Å². The number of aromatic nitrogens is 2. The first-order valence-electron chi connectivity index (χ1n) is 5.45. The van der Waals surface area contributed by atoms with Crippen molar-refractivity contribution in [3.63, 3.8) is 0 Å². The molecular formula is C12H14N2O3. The number of rotatable bonds is 4. The van der Waals surface area contributed by atoms with E-state index in [2.05, 4.69) is 10.1 Å². The van der Waals surface area contributed by atoms with Crippen molar-refractivity contribution in [3.05, 3.63) is 24.0 Å². The topological polar surface area (TPSA) is 68.4 Å². The Morgan fingerprint density at radius 3 is 2.94 bits per heavy atom. The predicted molar refractivity (Wildman–Crippen MR) is 61.9 cm³/mol. The van der Waals surface area contributed by atoms with Gasteiger partial charge in [0, 0.05) is 6.42 Å². The van der Waals surface area contributed by atoms with Gasteiger partial charge in [0.1, 0.15) is 0 Å². The summed E-state index contributed by atoms with van der Waals surface area (Å²) in [5.41, 5.74) is 0.485. The zero-order valence-corrected chi connectivity index (χ0v) is 9.80. The summed E-state index contributed by atoms with van der Waals surface area (Å²) in [5, 5.41) is 13.8. The molecule has 0 aliphatic heterocycles. The Labute approximate surface area is 99.0 Å². The van der Waals surface area contributed by atoms with E-state index in [1.165, 1.54) is 7.11 Å². The van der Waals surface area contributed by atoms with Crippen molar-refractivity contribution in [2.75, 3.05) is 7.11 Å². The van der Waals surface area contributed by atoms with Crippen molar-refractivity contribution in [1.82, 2.24) is 10.1 Å². The van der Waals surface area contributed by atoms with Crippen LogP contribution < -0.4 is 4.74 Å². The first-order valence-corrected chi connectivity index (χ1v) is 5.45. The zero-order chi connectivity index (χ0) is 12.3. The van der Waals surface area contributed by atoms with Gasteiger partial charge in [-0.1, -0.05) is 18.1 Å². The number of methoxy groups -OCH3 is 1. The lowest BCUT2D eigenvalue weighted by Gasteiger charge is -2.04. The van der Waals surface area contributed by atoms with E-state index in [0.717, 1.165) is 12.8 Å². The number of nitrogens with zero attached hydrogens (tertiary/aromatic N) is 2. The molecule has 2 rings (SSSR count). The van der Waals surface area contributed by atoms with E-state index in [9.17, 15) is 5.11 Å². The van der Waals surface area contributed by atoms with Crippen LogP contribution in [0.2, 0.25) is 0 Å². The normalized spacial score (nSPS) is 10.5. The van der Waals surface area contributed by atoms with E-state index in [0.29, 0.717) is 23.0 Å².